The molecule has 1 N–H and O–H groups in total. The summed E-state index contributed by atoms with van der Waals surface area (Å²) in [6.45, 7) is -0.0110. The summed E-state index contributed by atoms with van der Waals surface area (Å²) in [6, 6.07) is 22.3. The number of hydrogen-bond acceptors (Lipinski definition) is 6. The van der Waals surface area contributed by atoms with E-state index in [9.17, 15) is 4.79 Å². The molecule has 1 amide bonds. The van der Waals surface area contributed by atoms with Crippen LogP contribution in [0.4, 0.5) is 5.69 Å². The lowest BCUT2D eigenvalue weighted by atomic mass is 10.1. The first-order chi connectivity index (χ1) is 14.2. The van der Waals surface area contributed by atoms with Crippen LogP contribution in [0.5, 0.6) is 17.2 Å². The van der Waals surface area contributed by atoms with Gasteiger partial charge in [0, 0.05) is 11.1 Å². The van der Waals surface area contributed by atoms with E-state index in [0.29, 0.717) is 28.7 Å². The lowest BCUT2D eigenvalue weighted by Crippen LogP contribution is -2.25. The van der Waals surface area contributed by atoms with Crippen molar-refractivity contribution in [3.63, 3.8) is 0 Å². The average molecular weight is 385 g/mol. The first-order valence-corrected chi connectivity index (χ1v) is 8.99. The summed E-state index contributed by atoms with van der Waals surface area (Å²) in [4.78, 5) is 15.8. The van der Waals surface area contributed by atoms with Gasteiger partial charge < -0.3 is 19.3 Å². The van der Waals surface area contributed by atoms with E-state index in [4.69, 9.17) is 14.0 Å². The predicted octanol–water partition coefficient (Wildman–Crippen LogP) is 4.53. The molecule has 0 bridgehead atoms. The molecule has 4 aromatic rings. The Morgan fingerprint density at radius 2 is 1.66 bits per heavy atom. The highest BCUT2D eigenvalue weighted by Crippen LogP contribution is 2.33. The van der Waals surface area contributed by atoms with Gasteiger partial charge in [-0.25, -0.2) is 0 Å². The van der Waals surface area contributed by atoms with E-state index in [2.05, 4.69) is 15.5 Å². The minimum Gasteiger partial charge on any atom is -0.482 e. The van der Waals surface area contributed by atoms with Crippen molar-refractivity contribution in [2.24, 2.45) is 0 Å². The zero-order valence-corrected chi connectivity index (χ0v) is 15.2. The molecule has 0 saturated carbocycles. The number of para-hydroxylation sites is 1. The van der Waals surface area contributed by atoms with Crippen LogP contribution in [0.2, 0.25) is 0 Å². The van der Waals surface area contributed by atoms with Gasteiger partial charge in [-0.2, -0.15) is 4.98 Å². The van der Waals surface area contributed by atoms with Crippen molar-refractivity contribution in [2.45, 2.75) is 0 Å². The van der Waals surface area contributed by atoms with Crippen molar-refractivity contribution in [3.8, 4) is 40.1 Å². The summed E-state index contributed by atoms with van der Waals surface area (Å²) in [5, 5.41) is 6.81. The number of carbonyl (C=O) groups is 1. The molecule has 0 unspecified atom stereocenters. The molecule has 0 atom stereocenters. The average Bonchev–Trinajstić information content (AvgIpc) is 3.25. The van der Waals surface area contributed by atoms with Gasteiger partial charge in [-0.3, -0.25) is 4.79 Å². The van der Waals surface area contributed by atoms with Crippen LogP contribution in [-0.4, -0.2) is 22.7 Å². The monoisotopic (exact) mass is 385 g/mol. The zero-order valence-electron chi connectivity index (χ0n) is 15.2. The smallest absolute Gasteiger partial charge is 0.262 e. The SMILES string of the molecule is O=C1COc2cc(-c3nc(-c4ccc(Oc5ccccc5)cc4)no3)ccc2N1. The van der Waals surface area contributed by atoms with Crippen molar-refractivity contribution in [3.05, 3.63) is 72.8 Å². The van der Waals surface area contributed by atoms with Gasteiger partial charge in [0.2, 0.25) is 5.82 Å². The minimum atomic E-state index is -0.176. The Hall–Kier alpha value is -4.13. The van der Waals surface area contributed by atoms with E-state index in [1.54, 1.807) is 18.2 Å². The topological polar surface area (TPSA) is 86.5 Å². The highest BCUT2D eigenvalue weighted by atomic mass is 16.5. The van der Waals surface area contributed by atoms with Gasteiger partial charge in [0.15, 0.2) is 6.61 Å². The summed E-state index contributed by atoms with van der Waals surface area (Å²) in [6.07, 6.45) is 0. The molecule has 0 radical (unpaired) electrons. The Morgan fingerprint density at radius 1 is 0.897 bits per heavy atom. The third-order valence-electron chi connectivity index (χ3n) is 4.38. The molecule has 1 aliphatic rings. The fourth-order valence-corrected chi connectivity index (χ4v) is 2.96. The number of fused-ring (bicyclic) bond motifs is 1. The van der Waals surface area contributed by atoms with Crippen LogP contribution < -0.4 is 14.8 Å². The molecule has 3 aromatic carbocycles. The van der Waals surface area contributed by atoms with E-state index in [-0.39, 0.29) is 12.5 Å². The van der Waals surface area contributed by atoms with Crippen LogP contribution in [0.3, 0.4) is 0 Å². The van der Waals surface area contributed by atoms with Crippen molar-refractivity contribution >= 4 is 11.6 Å². The lowest BCUT2D eigenvalue weighted by Gasteiger charge is -2.17. The van der Waals surface area contributed by atoms with E-state index in [0.717, 1.165) is 17.1 Å². The summed E-state index contributed by atoms with van der Waals surface area (Å²) in [5.74, 6) is 2.73. The van der Waals surface area contributed by atoms with Gasteiger partial charge in [0.05, 0.1) is 5.69 Å². The van der Waals surface area contributed by atoms with Crippen LogP contribution in [-0.2, 0) is 4.79 Å². The predicted molar refractivity (Wildman–Crippen MR) is 106 cm³/mol. The van der Waals surface area contributed by atoms with E-state index >= 15 is 0 Å². The molecular weight excluding hydrogens is 370 g/mol. The number of anilines is 1. The standard InChI is InChI=1S/C22H15N3O4/c26-20-13-27-19-12-15(8-11-18(19)23-20)22-24-21(25-29-22)14-6-9-17(10-7-14)28-16-4-2-1-3-5-16/h1-12H,13H2,(H,23,26). The maximum Gasteiger partial charge on any atom is 0.262 e. The quantitative estimate of drug-likeness (QED) is 0.556. The Balaban J connectivity index is 1.35. The molecule has 0 aliphatic carbocycles. The van der Waals surface area contributed by atoms with Gasteiger partial charge in [-0.15, -0.1) is 0 Å². The fraction of sp³-hybridized carbons (Fsp3) is 0.0455. The van der Waals surface area contributed by atoms with Crippen LogP contribution in [0.25, 0.3) is 22.8 Å². The van der Waals surface area contributed by atoms with Crippen LogP contribution >= 0.6 is 0 Å². The van der Waals surface area contributed by atoms with Crippen molar-refractivity contribution in [1.29, 1.82) is 0 Å². The lowest BCUT2D eigenvalue weighted by molar-refractivity contribution is -0.118. The van der Waals surface area contributed by atoms with Crippen molar-refractivity contribution in [1.82, 2.24) is 10.1 Å². The molecule has 142 valence electrons. The number of ether oxygens (including phenoxy) is 2. The van der Waals surface area contributed by atoms with Gasteiger partial charge in [-0.05, 0) is 54.6 Å². The van der Waals surface area contributed by atoms with Crippen LogP contribution in [0.1, 0.15) is 0 Å². The molecule has 7 nitrogen and oxygen atoms in total. The minimum absolute atomic E-state index is 0.0110. The first kappa shape index (κ1) is 17.0. The molecule has 0 fully saturated rings. The molecular formula is C22H15N3O4. The Morgan fingerprint density at radius 3 is 2.48 bits per heavy atom. The number of nitrogens with one attached hydrogen (secondary N) is 1. The molecule has 1 aliphatic heterocycles. The number of amides is 1. The zero-order chi connectivity index (χ0) is 19.6. The highest BCUT2D eigenvalue weighted by Gasteiger charge is 2.18. The van der Waals surface area contributed by atoms with E-state index in [1.807, 2.05) is 54.6 Å². The summed E-state index contributed by atoms with van der Waals surface area (Å²) in [7, 11) is 0. The third kappa shape index (κ3) is 3.53. The Labute approximate surface area is 165 Å². The van der Waals surface area contributed by atoms with E-state index in [1.165, 1.54) is 0 Å². The third-order valence-corrected chi connectivity index (χ3v) is 4.38. The number of carbonyl (C=O) groups excluding carboxylic acids is 1. The van der Waals surface area contributed by atoms with Gasteiger partial charge in [0.25, 0.3) is 11.8 Å². The Bertz CT molecular complexity index is 1170. The van der Waals surface area contributed by atoms with Crippen molar-refractivity contribution in [2.75, 3.05) is 11.9 Å². The first-order valence-electron chi connectivity index (χ1n) is 8.99. The van der Waals surface area contributed by atoms with Crippen LogP contribution in [0.15, 0.2) is 77.3 Å². The number of nitrogens with zero attached hydrogens (tertiary/aromatic N) is 2. The van der Waals surface area contributed by atoms with Gasteiger partial charge in [-0.1, -0.05) is 23.4 Å². The largest absolute Gasteiger partial charge is 0.482 e. The molecule has 0 saturated heterocycles. The molecule has 2 heterocycles. The van der Waals surface area contributed by atoms with Crippen LogP contribution in [0, 0.1) is 0 Å². The molecule has 5 rings (SSSR count). The maximum atomic E-state index is 11.4. The number of hydrogen-bond donors (Lipinski definition) is 1. The molecule has 7 heteroatoms. The van der Waals surface area contributed by atoms with Gasteiger partial charge >= 0.3 is 0 Å². The normalized spacial score (nSPS) is 12.6. The Kier molecular flexibility index (Phi) is 4.18. The summed E-state index contributed by atoms with van der Waals surface area (Å²) >= 11 is 0. The summed E-state index contributed by atoms with van der Waals surface area (Å²) < 4.78 is 16.6. The number of benzene rings is 3. The number of aromatic nitrogens is 2. The van der Waals surface area contributed by atoms with E-state index < -0.39 is 0 Å². The second-order valence-electron chi connectivity index (χ2n) is 6.41. The maximum absolute atomic E-state index is 11.4. The number of rotatable bonds is 4. The fourth-order valence-electron chi connectivity index (χ4n) is 2.96. The second kappa shape index (κ2) is 7.12. The van der Waals surface area contributed by atoms with Gasteiger partial charge in [0.1, 0.15) is 17.2 Å². The molecule has 1 aromatic heterocycles. The molecule has 0 spiro atoms. The highest BCUT2D eigenvalue weighted by molar-refractivity contribution is 5.95. The second-order valence-corrected chi connectivity index (χ2v) is 6.41. The molecule has 29 heavy (non-hydrogen) atoms. The summed E-state index contributed by atoms with van der Waals surface area (Å²) in [5.41, 5.74) is 2.14. The van der Waals surface area contributed by atoms with Crippen molar-refractivity contribution < 1.29 is 18.8 Å².